The summed E-state index contributed by atoms with van der Waals surface area (Å²) in [6.45, 7) is 13.1. The Morgan fingerprint density at radius 3 is 1.45 bits per heavy atom. The van der Waals surface area contributed by atoms with E-state index in [1.54, 1.807) is 0 Å². The lowest BCUT2D eigenvalue weighted by Crippen LogP contribution is -2.50. The van der Waals surface area contributed by atoms with Crippen LogP contribution >= 0.6 is 0 Å². The van der Waals surface area contributed by atoms with Crippen LogP contribution in [0.15, 0.2) is 12.2 Å². The molecule has 0 heterocycles. The second kappa shape index (κ2) is 4.60. The molecule has 0 aromatic rings. The van der Waals surface area contributed by atoms with Gasteiger partial charge in [-0.05, 0) is 89.9 Å². The largest absolute Gasteiger partial charge is 0.370 e. The van der Waals surface area contributed by atoms with Crippen molar-refractivity contribution in [1.82, 2.24) is 0 Å². The normalized spacial score (nSPS) is 49.2. The van der Waals surface area contributed by atoms with Gasteiger partial charge in [-0.1, -0.05) is 12.2 Å². The molecular formula is C20H32O2. The zero-order chi connectivity index (χ0) is 15.9. The monoisotopic (exact) mass is 304 g/mol. The van der Waals surface area contributed by atoms with E-state index in [4.69, 9.17) is 9.47 Å². The quantitative estimate of drug-likeness (QED) is 0.554. The van der Waals surface area contributed by atoms with E-state index in [1.165, 1.54) is 12.8 Å². The molecule has 2 heteroatoms. The lowest BCUT2D eigenvalue weighted by Gasteiger charge is -2.45. The van der Waals surface area contributed by atoms with Crippen molar-refractivity contribution in [2.24, 2.45) is 35.5 Å². The first-order valence-corrected chi connectivity index (χ1v) is 9.18. The Hall–Kier alpha value is -0.340. The third kappa shape index (κ3) is 2.29. The fourth-order valence-electron chi connectivity index (χ4n) is 6.05. The Balaban J connectivity index is 1.63. The maximum Gasteiger partial charge on any atom is 0.0878 e. The predicted octanol–water partition coefficient (Wildman–Crippen LogP) is 4.44. The molecule has 0 saturated heterocycles. The van der Waals surface area contributed by atoms with Gasteiger partial charge >= 0.3 is 0 Å². The summed E-state index contributed by atoms with van der Waals surface area (Å²) in [7, 11) is 0. The number of allylic oxidation sites excluding steroid dienone is 2. The van der Waals surface area contributed by atoms with Crippen LogP contribution in [0.4, 0.5) is 0 Å². The van der Waals surface area contributed by atoms with E-state index in [0.29, 0.717) is 24.0 Å². The summed E-state index contributed by atoms with van der Waals surface area (Å²) in [6, 6.07) is 0. The first-order chi connectivity index (χ1) is 10.1. The second-order valence-electron chi connectivity index (χ2n) is 10.1. The first kappa shape index (κ1) is 15.2. The average Bonchev–Trinajstić information content (AvgIpc) is 3.04. The topological polar surface area (TPSA) is 18.5 Å². The van der Waals surface area contributed by atoms with Gasteiger partial charge in [0.25, 0.3) is 0 Å². The van der Waals surface area contributed by atoms with Gasteiger partial charge in [0.15, 0.2) is 0 Å². The minimum Gasteiger partial charge on any atom is -0.370 e. The van der Waals surface area contributed by atoms with E-state index in [-0.39, 0.29) is 11.2 Å². The molecule has 8 unspecified atom stereocenters. The van der Waals surface area contributed by atoms with Gasteiger partial charge in [0, 0.05) is 0 Å². The van der Waals surface area contributed by atoms with Crippen molar-refractivity contribution in [2.75, 3.05) is 0 Å². The SMILES string of the molecule is CC(C)(C)OC1C2CC(C1OC(C)(C)C)C1C3C=CC(C3)C21. The van der Waals surface area contributed by atoms with Crippen LogP contribution in [0.5, 0.6) is 0 Å². The molecule has 3 fully saturated rings. The Bertz CT molecular complexity index is 439. The molecule has 2 nitrogen and oxygen atoms in total. The first-order valence-electron chi connectivity index (χ1n) is 9.18. The summed E-state index contributed by atoms with van der Waals surface area (Å²) in [5.41, 5.74) is -0.171. The van der Waals surface area contributed by atoms with Crippen LogP contribution in [0, 0.1) is 35.5 Å². The van der Waals surface area contributed by atoms with Gasteiger partial charge in [-0.15, -0.1) is 0 Å². The molecule has 0 amide bonds. The molecule has 4 aliphatic rings. The van der Waals surface area contributed by atoms with Crippen molar-refractivity contribution in [3.8, 4) is 0 Å². The molecule has 0 aromatic carbocycles. The molecule has 4 rings (SSSR count). The fourth-order valence-corrected chi connectivity index (χ4v) is 6.05. The highest BCUT2D eigenvalue weighted by molar-refractivity contribution is 5.23. The van der Waals surface area contributed by atoms with Crippen LogP contribution in [0.3, 0.4) is 0 Å². The third-order valence-corrected chi connectivity index (χ3v) is 6.26. The molecule has 124 valence electrons. The van der Waals surface area contributed by atoms with Gasteiger partial charge in [-0.25, -0.2) is 0 Å². The van der Waals surface area contributed by atoms with Gasteiger partial charge in [-0.3, -0.25) is 0 Å². The van der Waals surface area contributed by atoms with Crippen molar-refractivity contribution in [1.29, 1.82) is 0 Å². The highest BCUT2D eigenvalue weighted by Gasteiger charge is 2.66. The zero-order valence-electron chi connectivity index (χ0n) is 15.0. The van der Waals surface area contributed by atoms with E-state index in [0.717, 1.165) is 23.7 Å². The lowest BCUT2D eigenvalue weighted by molar-refractivity contribution is -0.195. The van der Waals surface area contributed by atoms with Crippen LogP contribution < -0.4 is 0 Å². The summed E-state index contributed by atoms with van der Waals surface area (Å²) in [6.07, 6.45) is 8.30. The van der Waals surface area contributed by atoms with E-state index in [2.05, 4.69) is 53.7 Å². The van der Waals surface area contributed by atoms with Gasteiger partial charge in [0.05, 0.1) is 23.4 Å². The number of rotatable bonds is 2. The van der Waals surface area contributed by atoms with Crippen LogP contribution in [0.2, 0.25) is 0 Å². The summed E-state index contributed by atoms with van der Waals surface area (Å²) >= 11 is 0. The molecule has 0 N–H and O–H groups in total. The van der Waals surface area contributed by atoms with Crippen LogP contribution in [-0.4, -0.2) is 23.4 Å². The highest BCUT2D eigenvalue weighted by atomic mass is 16.6. The Morgan fingerprint density at radius 2 is 1.09 bits per heavy atom. The molecule has 8 atom stereocenters. The number of hydrogen-bond acceptors (Lipinski definition) is 2. The number of fused-ring (bicyclic) bond motifs is 9. The standard InChI is InChI=1S/C20H32O2/c1-19(2,3)21-17-13-10-14(18(17)22-20(4,5)6)16-12-8-7-11(9-12)15(13)16/h7-8,11-18H,9-10H2,1-6H3. The molecule has 0 radical (unpaired) electrons. The molecule has 22 heavy (non-hydrogen) atoms. The Labute approximate surface area is 135 Å². The third-order valence-electron chi connectivity index (χ3n) is 6.26. The number of ether oxygens (including phenoxy) is 2. The predicted molar refractivity (Wildman–Crippen MR) is 88.6 cm³/mol. The Kier molecular flexibility index (Phi) is 3.18. The van der Waals surface area contributed by atoms with Gasteiger partial charge < -0.3 is 9.47 Å². The molecule has 0 aliphatic heterocycles. The maximum absolute atomic E-state index is 6.56. The maximum atomic E-state index is 6.56. The van der Waals surface area contributed by atoms with E-state index < -0.39 is 0 Å². The molecule has 3 saturated carbocycles. The van der Waals surface area contributed by atoms with Crippen LogP contribution in [-0.2, 0) is 9.47 Å². The molecular weight excluding hydrogens is 272 g/mol. The smallest absolute Gasteiger partial charge is 0.0878 e. The van der Waals surface area contributed by atoms with Crippen molar-refractivity contribution < 1.29 is 9.47 Å². The summed E-state index contributed by atoms with van der Waals surface area (Å²) in [4.78, 5) is 0. The minimum atomic E-state index is -0.0857. The average molecular weight is 304 g/mol. The number of hydrogen-bond donors (Lipinski definition) is 0. The van der Waals surface area contributed by atoms with Gasteiger partial charge in [0.2, 0.25) is 0 Å². The molecule has 0 aromatic heterocycles. The lowest BCUT2D eigenvalue weighted by atomic mass is 9.71. The van der Waals surface area contributed by atoms with E-state index in [1.807, 2.05) is 0 Å². The van der Waals surface area contributed by atoms with E-state index >= 15 is 0 Å². The Morgan fingerprint density at radius 1 is 0.682 bits per heavy atom. The molecule has 4 bridgehead atoms. The van der Waals surface area contributed by atoms with Crippen molar-refractivity contribution in [3.63, 3.8) is 0 Å². The van der Waals surface area contributed by atoms with Crippen LogP contribution in [0.25, 0.3) is 0 Å². The van der Waals surface area contributed by atoms with E-state index in [9.17, 15) is 0 Å². The second-order valence-corrected chi connectivity index (χ2v) is 10.1. The zero-order valence-corrected chi connectivity index (χ0v) is 15.0. The van der Waals surface area contributed by atoms with Crippen molar-refractivity contribution in [3.05, 3.63) is 12.2 Å². The highest BCUT2D eigenvalue weighted by Crippen LogP contribution is 2.66. The minimum absolute atomic E-state index is 0.0857. The fraction of sp³-hybridized carbons (Fsp3) is 0.900. The molecule has 4 aliphatic carbocycles. The van der Waals surface area contributed by atoms with Crippen LogP contribution in [0.1, 0.15) is 54.4 Å². The van der Waals surface area contributed by atoms with Crippen molar-refractivity contribution >= 4 is 0 Å². The summed E-state index contributed by atoms with van der Waals surface area (Å²) < 4.78 is 13.1. The summed E-state index contributed by atoms with van der Waals surface area (Å²) in [5, 5.41) is 0. The van der Waals surface area contributed by atoms with Crippen molar-refractivity contribution in [2.45, 2.75) is 77.8 Å². The summed E-state index contributed by atoms with van der Waals surface area (Å²) in [5.74, 6) is 4.81. The van der Waals surface area contributed by atoms with Gasteiger partial charge in [0.1, 0.15) is 0 Å². The van der Waals surface area contributed by atoms with Gasteiger partial charge in [-0.2, -0.15) is 0 Å². The molecule has 0 spiro atoms.